The van der Waals surface area contributed by atoms with E-state index < -0.39 is 0 Å². The van der Waals surface area contributed by atoms with Gasteiger partial charge in [0, 0.05) is 37.6 Å². The van der Waals surface area contributed by atoms with Gasteiger partial charge < -0.3 is 14.4 Å². The van der Waals surface area contributed by atoms with Crippen LogP contribution in [0.15, 0.2) is 17.5 Å². The molecule has 3 rings (SSSR count). The maximum atomic E-state index is 6.10. The van der Waals surface area contributed by atoms with Crippen molar-refractivity contribution in [1.82, 2.24) is 9.80 Å². The molecule has 19 heavy (non-hydrogen) atoms. The van der Waals surface area contributed by atoms with Gasteiger partial charge in [-0.25, -0.2) is 0 Å². The van der Waals surface area contributed by atoms with Crippen molar-refractivity contribution < 1.29 is 9.47 Å². The van der Waals surface area contributed by atoms with Gasteiger partial charge in [-0.15, -0.1) is 11.3 Å². The molecule has 5 heteroatoms. The lowest BCUT2D eigenvalue weighted by atomic mass is 10.0. The second kappa shape index (κ2) is 5.89. The Labute approximate surface area is 118 Å². The molecule has 106 valence electrons. The molecule has 0 bridgehead atoms. The quantitative estimate of drug-likeness (QED) is 0.816. The monoisotopic (exact) mass is 282 g/mol. The Hall–Kier alpha value is -0.460. The minimum atomic E-state index is -0.138. The number of ether oxygens (including phenoxy) is 2. The van der Waals surface area contributed by atoms with Crippen molar-refractivity contribution in [2.24, 2.45) is 0 Å². The molecule has 0 saturated carbocycles. The van der Waals surface area contributed by atoms with E-state index in [1.54, 1.807) is 0 Å². The van der Waals surface area contributed by atoms with Crippen LogP contribution in [0.2, 0.25) is 0 Å². The first-order valence-corrected chi connectivity index (χ1v) is 7.79. The first-order valence-electron chi connectivity index (χ1n) is 6.91. The van der Waals surface area contributed by atoms with Crippen molar-refractivity contribution in [1.29, 1.82) is 0 Å². The standard InChI is InChI=1S/C14H22N2O2S/c1-15-4-6-17-12-14(10-15)11-16(5-7-18-14)9-13-3-2-8-19-13/h2-3,8H,4-7,9-12H2,1H3. The van der Waals surface area contributed by atoms with Gasteiger partial charge in [-0.2, -0.15) is 0 Å². The fourth-order valence-electron chi connectivity index (χ4n) is 2.96. The molecule has 0 radical (unpaired) electrons. The summed E-state index contributed by atoms with van der Waals surface area (Å²) >= 11 is 1.83. The van der Waals surface area contributed by atoms with Gasteiger partial charge in [-0.05, 0) is 18.5 Å². The summed E-state index contributed by atoms with van der Waals surface area (Å²) < 4.78 is 11.9. The first kappa shape index (κ1) is 13.5. The fourth-order valence-corrected chi connectivity index (χ4v) is 3.71. The molecule has 0 N–H and O–H groups in total. The Morgan fingerprint density at radius 3 is 3.11 bits per heavy atom. The van der Waals surface area contributed by atoms with Crippen molar-refractivity contribution in [3.05, 3.63) is 22.4 Å². The van der Waals surface area contributed by atoms with Crippen LogP contribution in [0.3, 0.4) is 0 Å². The normalized spacial score (nSPS) is 30.6. The summed E-state index contributed by atoms with van der Waals surface area (Å²) in [6, 6.07) is 4.33. The average molecular weight is 282 g/mol. The number of hydrogen-bond acceptors (Lipinski definition) is 5. The summed E-state index contributed by atoms with van der Waals surface area (Å²) in [7, 11) is 2.15. The Morgan fingerprint density at radius 1 is 1.32 bits per heavy atom. The van der Waals surface area contributed by atoms with E-state index in [0.29, 0.717) is 0 Å². The molecule has 0 aliphatic carbocycles. The molecule has 4 nitrogen and oxygen atoms in total. The molecule has 1 unspecified atom stereocenters. The Balaban J connectivity index is 1.66. The summed E-state index contributed by atoms with van der Waals surface area (Å²) in [6.45, 7) is 7.32. The molecule has 2 aliphatic rings. The zero-order valence-corrected chi connectivity index (χ0v) is 12.3. The zero-order chi connectivity index (χ0) is 13.1. The van der Waals surface area contributed by atoms with Crippen LogP contribution >= 0.6 is 11.3 Å². The van der Waals surface area contributed by atoms with Gasteiger partial charge in [0.15, 0.2) is 0 Å². The minimum Gasteiger partial charge on any atom is -0.377 e. The highest BCUT2D eigenvalue weighted by Crippen LogP contribution is 2.24. The number of rotatable bonds is 2. The number of nitrogens with zero attached hydrogens (tertiary/aromatic N) is 2. The summed E-state index contributed by atoms with van der Waals surface area (Å²) in [4.78, 5) is 6.25. The van der Waals surface area contributed by atoms with Gasteiger partial charge in [-0.1, -0.05) is 6.07 Å². The van der Waals surface area contributed by atoms with E-state index in [0.717, 1.165) is 52.5 Å². The SMILES string of the molecule is CN1CCOCC2(C1)CN(Cc1cccs1)CCO2. The highest BCUT2D eigenvalue weighted by molar-refractivity contribution is 7.09. The molecule has 0 amide bonds. The van der Waals surface area contributed by atoms with Crippen LogP contribution in [-0.2, 0) is 16.0 Å². The lowest BCUT2D eigenvalue weighted by Crippen LogP contribution is -2.58. The molecule has 0 aromatic carbocycles. The van der Waals surface area contributed by atoms with Crippen molar-refractivity contribution in [2.75, 3.05) is 53.0 Å². The van der Waals surface area contributed by atoms with Crippen LogP contribution < -0.4 is 0 Å². The Morgan fingerprint density at radius 2 is 2.26 bits per heavy atom. The van der Waals surface area contributed by atoms with E-state index in [-0.39, 0.29) is 5.60 Å². The Bertz CT molecular complexity index is 398. The number of likely N-dealkylation sites (N-methyl/N-ethyl adjacent to an activating group) is 1. The van der Waals surface area contributed by atoms with Gasteiger partial charge >= 0.3 is 0 Å². The smallest absolute Gasteiger partial charge is 0.117 e. The first-order chi connectivity index (χ1) is 9.26. The number of thiophene rings is 1. The fraction of sp³-hybridized carbons (Fsp3) is 0.714. The summed E-state index contributed by atoms with van der Waals surface area (Å²) in [5, 5.41) is 2.15. The van der Waals surface area contributed by atoms with E-state index in [1.807, 2.05) is 11.3 Å². The van der Waals surface area contributed by atoms with Gasteiger partial charge in [0.2, 0.25) is 0 Å². The van der Waals surface area contributed by atoms with E-state index in [2.05, 4.69) is 34.4 Å². The zero-order valence-electron chi connectivity index (χ0n) is 11.5. The van der Waals surface area contributed by atoms with Crippen LogP contribution in [0.4, 0.5) is 0 Å². The predicted molar refractivity (Wildman–Crippen MR) is 76.6 cm³/mol. The number of morpholine rings is 1. The lowest BCUT2D eigenvalue weighted by Gasteiger charge is -2.42. The van der Waals surface area contributed by atoms with E-state index in [9.17, 15) is 0 Å². The van der Waals surface area contributed by atoms with E-state index >= 15 is 0 Å². The maximum absolute atomic E-state index is 6.10. The second-order valence-electron chi connectivity index (χ2n) is 5.61. The van der Waals surface area contributed by atoms with Crippen molar-refractivity contribution in [3.63, 3.8) is 0 Å². The topological polar surface area (TPSA) is 24.9 Å². The van der Waals surface area contributed by atoms with E-state index in [1.165, 1.54) is 4.88 Å². The van der Waals surface area contributed by atoms with Crippen LogP contribution in [-0.4, -0.2) is 68.4 Å². The van der Waals surface area contributed by atoms with Gasteiger partial charge in [0.1, 0.15) is 5.60 Å². The minimum absolute atomic E-state index is 0.138. The molecule has 2 fully saturated rings. The largest absolute Gasteiger partial charge is 0.377 e. The molecule has 1 aromatic heterocycles. The lowest BCUT2D eigenvalue weighted by molar-refractivity contribution is -0.141. The molecule has 1 spiro atoms. The third kappa shape index (κ3) is 3.35. The highest BCUT2D eigenvalue weighted by Gasteiger charge is 2.39. The average Bonchev–Trinajstić information content (AvgIpc) is 2.81. The van der Waals surface area contributed by atoms with Crippen LogP contribution in [0.25, 0.3) is 0 Å². The summed E-state index contributed by atoms with van der Waals surface area (Å²) in [5.41, 5.74) is -0.138. The van der Waals surface area contributed by atoms with Gasteiger partial charge in [0.25, 0.3) is 0 Å². The summed E-state index contributed by atoms with van der Waals surface area (Å²) in [5.74, 6) is 0. The van der Waals surface area contributed by atoms with Crippen LogP contribution in [0, 0.1) is 0 Å². The summed E-state index contributed by atoms with van der Waals surface area (Å²) in [6.07, 6.45) is 0. The molecule has 2 saturated heterocycles. The third-order valence-corrected chi connectivity index (χ3v) is 4.69. The van der Waals surface area contributed by atoms with E-state index in [4.69, 9.17) is 9.47 Å². The molecular formula is C14H22N2O2S. The number of hydrogen-bond donors (Lipinski definition) is 0. The van der Waals surface area contributed by atoms with Crippen LogP contribution in [0.5, 0.6) is 0 Å². The molecule has 1 aromatic rings. The Kier molecular flexibility index (Phi) is 4.19. The van der Waals surface area contributed by atoms with Gasteiger partial charge in [0.05, 0.1) is 19.8 Å². The predicted octanol–water partition coefficient (Wildman–Crippen LogP) is 1.28. The molecule has 1 atom stereocenters. The van der Waals surface area contributed by atoms with Crippen molar-refractivity contribution in [3.8, 4) is 0 Å². The molecule has 2 aliphatic heterocycles. The second-order valence-corrected chi connectivity index (χ2v) is 6.64. The van der Waals surface area contributed by atoms with Crippen molar-refractivity contribution >= 4 is 11.3 Å². The van der Waals surface area contributed by atoms with Crippen LogP contribution in [0.1, 0.15) is 4.88 Å². The molecular weight excluding hydrogens is 260 g/mol. The third-order valence-electron chi connectivity index (χ3n) is 3.83. The molecule has 3 heterocycles. The highest BCUT2D eigenvalue weighted by atomic mass is 32.1. The maximum Gasteiger partial charge on any atom is 0.117 e. The van der Waals surface area contributed by atoms with Crippen molar-refractivity contribution in [2.45, 2.75) is 12.1 Å². The van der Waals surface area contributed by atoms with Gasteiger partial charge in [-0.3, -0.25) is 4.90 Å².